The number of nitrogen functional groups attached to an aromatic ring is 1. The van der Waals surface area contributed by atoms with Crippen LogP contribution in [0.3, 0.4) is 0 Å². The quantitative estimate of drug-likeness (QED) is 0.446. The molecule has 5 rings (SSSR count). The molecule has 0 spiro atoms. The molecule has 2 aliphatic rings. The average molecular weight is 501 g/mol. The van der Waals surface area contributed by atoms with E-state index >= 15 is 0 Å². The van der Waals surface area contributed by atoms with Crippen LogP contribution in [0, 0.1) is 6.92 Å². The number of hydrogen-bond acceptors (Lipinski definition) is 7. The predicted octanol–water partition coefficient (Wildman–Crippen LogP) is 4.45. The molecule has 1 aromatic heterocycles. The minimum absolute atomic E-state index is 0.0686. The fraction of sp³-hybridized carbons (Fsp3) is 0.462. The summed E-state index contributed by atoms with van der Waals surface area (Å²) in [6.45, 7) is 9.06. The second-order valence-electron chi connectivity index (χ2n) is 9.67. The number of rotatable bonds is 5. The number of anilines is 3. The van der Waals surface area contributed by atoms with Crippen molar-refractivity contribution in [2.45, 2.75) is 51.6 Å². The van der Waals surface area contributed by atoms with Crippen LogP contribution < -0.4 is 21.3 Å². The molecule has 0 saturated carbocycles. The van der Waals surface area contributed by atoms with E-state index in [0.29, 0.717) is 23.8 Å². The Morgan fingerprint density at radius 1 is 1.17 bits per heavy atom. The summed E-state index contributed by atoms with van der Waals surface area (Å²) in [4.78, 5) is 11.6. The van der Waals surface area contributed by atoms with Crippen LogP contribution in [0.4, 0.5) is 30.4 Å². The van der Waals surface area contributed by atoms with Crippen LogP contribution in [-0.4, -0.2) is 48.4 Å². The third-order valence-electron chi connectivity index (χ3n) is 7.08. The lowest BCUT2D eigenvalue weighted by Gasteiger charge is -2.36. The van der Waals surface area contributed by atoms with Gasteiger partial charge in [0.1, 0.15) is 11.6 Å². The number of nitrogens with one attached hydrogen (secondary N) is 2. The van der Waals surface area contributed by atoms with Crippen LogP contribution in [-0.2, 0) is 17.3 Å². The fourth-order valence-electron chi connectivity index (χ4n) is 5.16. The van der Waals surface area contributed by atoms with Crippen molar-refractivity contribution in [2.75, 3.05) is 42.2 Å². The number of nitrogens with two attached hydrogens (primary N) is 1. The number of nitrogens with zero attached hydrogens (tertiary/aromatic N) is 3. The molecule has 2 aliphatic heterocycles. The molecule has 10 heteroatoms. The Morgan fingerprint density at radius 2 is 1.97 bits per heavy atom. The molecule has 4 N–H and O–H groups in total. The molecule has 3 unspecified atom stereocenters. The van der Waals surface area contributed by atoms with Gasteiger partial charge in [0.25, 0.3) is 0 Å². The first-order chi connectivity index (χ1) is 17.1. The Labute approximate surface area is 208 Å². The highest BCUT2D eigenvalue weighted by Crippen LogP contribution is 2.38. The molecular formula is C26H31F3N6O. The van der Waals surface area contributed by atoms with Gasteiger partial charge in [-0.2, -0.15) is 13.2 Å². The van der Waals surface area contributed by atoms with E-state index in [1.54, 1.807) is 13.0 Å². The molecule has 3 atom stereocenters. The molecule has 36 heavy (non-hydrogen) atoms. The Kier molecular flexibility index (Phi) is 6.42. The summed E-state index contributed by atoms with van der Waals surface area (Å²) >= 11 is 0. The van der Waals surface area contributed by atoms with Crippen LogP contribution in [0.2, 0.25) is 0 Å². The number of ether oxygens (including phenoxy) is 1. The molecule has 0 amide bonds. The summed E-state index contributed by atoms with van der Waals surface area (Å²) in [6, 6.07) is 7.56. The van der Waals surface area contributed by atoms with E-state index in [2.05, 4.69) is 44.6 Å². The van der Waals surface area contributed by atoms with Crippen LogP contribution in [0.5, 0.6) is 0 Å². The third kappa shape index (κ3) is 4.79. The van der Waals surface area contributed by atoms with E-state index in [9.17, 15) is 13.2 Å². The van der Waals surface area contributed by atoms with Gasteiger partial charge in [0.2, 0.25) is 0 Å². The maximum atomic E-state index is 13.3. The lowest BCUT2D eigenvalue weighted by atomic mass is 10.0. The molecular weight excluding hydrogens is 469 g/mol. The number of halogens is 3. The second-order valence-corrected chi connectivity index (χ2v) is 9.67. The average Bonchev–Trinajstić information content (AvgIpc) is 3.24. The Hall–Kier alpha value is -3.11. The number of aromatic nitrogens is 2. The van der Waals surface area contributed by atoms with Gasteiger partial charge in [-0.25, -0.2) is 9.97 Å². The van der Waals surface area contributed by atoms with Crippen molar-refractivity contribution in [1.82, 2.24) is 15.3 Å². The van der Waals surface area contributed by atoms with E-state index in [0.717, 1.165) is 54.8 Å². The van der Waals surface area contributed by atoms with E-state index in [1.807, 2.05) is 6.92 Å². The van der Waals surface area contributed by atoms with Gasteiger partial charge in [-0.3, -0.25) is 0 Å². The summed E-state index contributed by atoms with van der Waals surface area (Å²) in [7, 11) is 0. The van der Waals surface area contributed by atoms with Crippen molar-refractivity contribution < 1.29 is 17.9 Å². The normalized spacial score (nSPS) is 19.8. The number of benzene rings is 2. The third-order valence-corrected chi connectivity index (χ3v) is 7.08. The first-order valence-corrected chi connectivity index (χ1v) is 12.2. The molecule has 192 valence electrons. The Morgan fingerprint density at radius 3 is 2.69 bits per heavy atom. The molecule has 0 bridgehead atoms. The smallest absolute Gasteiger partial charge is 0.399 e. The molecule has 1 fully saturated rings. The van der Waals surface area contributed by atoms with Gasteiger partial charge in [0.05, 0.1) is 35.9 Å². The van der Waals surface area contributed by atoms with Crippen molar-refractivity contribution in [3.63, 3.8) is 0 Å². The van der Waals surface area contributed by atoms with Crippen LogP contribution >= 0.6 is 0 Å². The summed E-state index contributed by atoms with van der Waals surface area (Å²) < 4.78 is 46.1. The molecule has 3 aromatic rings. The highest BCUT2D eigenvalue weighted by atomic mass is 19.4. The summed E-state index contributed by atoms with van der Waals surface area (Å²) in [5.41, 5.74) is 8.69. The maximum absolute atomic E-state index is 13.3. The van der Waals surface area contributed by atoms with Crippen molar-refractivity contribution in [1.29, 1.82) is 0 Å². The van der Waals surface area contributed by atoms with Gasteiger partial charge >= 0.3 is 6.18 Å². The number of morpholine rings is 1. The summed E-state index contributed by atoms with van der Waals surface area (Å²) in [5, 5.41) is 7.55. The van der Waals surface area contributed by atoms with Gasteiger partial charge in [-0.05, 0) is 68.7 Å². The summed E-state index contributed by atoms with van der Waals surface area (Å²) in [6.07, 6.45) is -3.46. The zero-order valence-corrected chi connectivity index (χ0v) is 20.6. The van der Waals surface area contributed by atoms with Crippen molar-refractivity contribution in [3.8, 4) is 0 Å². The van der Waals surface area contributed by atoms with Crippen LogP contribution in [0.1, 0.15) is 42.4 Å². The van der Waals surface area contributed by atoms with Gasteiger partial charge < -0.3 is 26.0 Å². The monoisotopic (exact) mass is 500 g/mol. The van der Waals surface area contributed by atoms with Crippen LogP contribution in [0.15, 0.2) is 30.3 Å². The number of alkyl halides is 3. The number of aryl methyl sites for hydroxylation is 1. The number of fused-ring (bicyclic) bond motifs is 2. The Bertz CT molecular complexity index is 1270. The van der Waals surface area contributed by atoms with E-state index in [4.69, 9.17) is 10.5 Å². The molecule has 7 nitrogen and oxygen atoms in total. The van der Waals surface area contributed by atoms with Crippen molar-refractivity contribution in [2.24, 2.45) is 0 Å². The first-order valence-electron chi connectivity index (χ1n) is 12.2. The molecule has 0 radical (unpaired) electrons. The zero-order chi connectivity index (χ0) is 25.6. The highest BCUT2D eigenvalue weighted by Gasteiger charge is 2.32. The lowest BCUT2D eigenvalue weighted by molar-refractivity contribution is -0.137. The van der Waals surface area contributed by atoms with Crippen LogP contribution in [0.25, 0.3) is 10.9 Å². The highest BCUT2D eigenvalue weighted by molar-refractivity contribution is 5.93. The fourth-order valence-corrected chi connectivity index (χ4v) is 5.16. The first kappa shape index (κ1) is 24.6. The molecule has 0 aliphatic carbocycles. The molecule has 1 saturated heterocycles. The largest absolute Gasteiger partial charge is 0.416 e. The van der Waals surface area contributed by atoms with Crippen molar-refractivity contribution >= 4 is 28.1 Å². The summed E-state index contributed by atoms with van der Waals surface area (Å²) in [5.74, 6) is 1.17. The van der Waals surface area contributed by atoms with E-state index < -0.39 is 17.8 Å². The van der Waals surface area contributed by atoms with E-state index in [-0.39, 0.29) is 17.8 Å². The van der Waals surface area contributed by atoms with Crippen molar-refractivity contribution in [3.05, 3.63) is 52.8 Å². The predicted molar refractivity (Wildman–Crippen MR) is 135 cm³/mol. The van der Waals surface area contributed by atoms with Gasteiger partial charge in [0, 0.05) is 36.4 Å². The Balaban J connectivity index is 1.49. The van der Waals surface area contributed by atoms with Gasteiger partial charge in [-0.15, -0.1) is 0 Å². The minimum atomic E-state index is -4.47. The standard InChI is InChI=1S/C26H31F3N6O/c1-14(18-8-19(26(27,28)29)11-20(30)9-18)32-25-21-12-23-17(10-22(21)33-16(3)34-25)4-6-35(23)15(2)24-13-31-5-7-36-24/h8-12,14-15,24,31H,4-7,13,30H2,1-3H3,(H,32,33,34). The number of hydrogen-bond donors (Lipinski definition) is 3. The van der Waals surface area contributed by atoms with E-state index in [1.165, 1.54) is 5.56 Å². The molecule has 3 heterocycles. The van der Waals surface area contributed by atoms with Gasteiger partial charge in [0.15, 0.2) is 0 Å². The minimum Gasteiger partial charge on any atom is -0.399 e. The molecule has 2 aromatic carbocycles. The maximum Gasteiger partial charge on any atom is 0.416 e. The topological polar surface area (TPSA) is 88.3 Å². The van der Waals surface area contributed by atoms with Gasteiger partial charge in [-0.1, -0.05) is 0 Å². The lowest BCUT2D eigenvalue weighted by Crippen LogP contribution is -2.50. The SMILES string of the molecule is Cc1nc(NC(C)c2cc(N)cc(C(F)(F)F)c2)c2cc3c(cc2n1)CCN3C(C)C1CNCCO1. The zero-order valence-electron chi connectivity index (χ0n) is 20.6. The second kappa shape index (κ2) is 9.40.